The molecule has 0 saturated heterocycles. The number of aliphatic carboxylic acids is 1. The van der Waals surface area contributed by atoms with E-state index >= 15 is 0 Å². The number of rotatable bonds is 7. The smallest absolute Gasteiger partial charge is 0.313 e. The number of carboxylic acid groups (broad SMARTS) is 1. The predicted molar refractivity (Wildman–Crippen MR) is 91.1 cm³/mol. The second kappa shape index (κ2) is 8.31. The summed E-state index contributed by atoms with van der Waals surface area (Å²) in [6.07, 6.45) is 2.95. The number of carboxylic acids is 1. The number of carbonyl (C=O) groups is 2. The van der Waals surface area contributed by atoms with Gasteiger partial charge in [-0.1, -0.05) is 18.2 Å². The third-order valence-electron chi connectivity index (χ3n) is 3.12. The quantitative estimate of drug-likeness (QED) is 0.468. The van der Waals surface area contributed by atoms with Crippen LogP contribution in [0.4, 0.5) is 4.39 Å². The van der Waals surface area contributed by atoms with Gasteiger partial charge in [0.25, 0.3) is 0 Å². The lowest BCUT2D eigenvalue weighted by Crippen LogP contribution is -2.00. The molecule has 24 heavy (non-hydrogen) atoms. The maximum Gasteiger partial charge on any atom is 0.313 e. The van der Waals surface area contributed by atoms with Crippen LogP contribution in [-0.4, -0.2) is 29.7 Å². The Morgan fingerprint density at radius 1 is 1.25 bits per heavy atom. The third kappa shape index (κ3) is 4.70. The first-order chi connectivity index (χ1) is 11.5. The molecule has 0 saturated carbocycles. The maximum atomic E-state index is 13.9. The van der Waals surface area contributed by atoms with Crippen molar-refractivity contribution in [1.82, 2.24) is 0 Å². The molecule has 2 aromatic rings. The van der Waals surface area contributed by atoms with E-state index in [0.717, 1.165) is 23.4 Å². The van der Waals surface area contributed by atoms with E-state index in [1.807, 2.05) is 12.1 Å². The molecule has 0 unspecified atom stereocenters. The van der Waals surface area contributed by atoms with Crippen molar-refractivity contribution in [3.8, 4) is 5.75 Å². The summed E-state index contributed by atoms with van der Waals surface area (Å²) in [4.78, 5) is 22.9. The summed E-state index contributed by atoms with van der Waals surface area (Å²) < 4.78 is 19.1. The van der Waals surface area contributed by atoms with Gasteiger partial charge in [0.05, 0.1) is 12.9 Å². The number of allylic oxidation sites excluding steroid dienone is 1. The minimum Gasteiger partial charge on any atom is -0.496 e. The van der Waals surface area contributed by atoms with Crippen LogP contribution in [0.15, 0.2) is 53.4 Å². The van der Waals surface area contributed by atoms with E-state index in [1.54, 1.807) is 18.2 Å². The van der Waals surface area contributed by atoms with Gasteiger partial charge in [0, 0.05) is 16.0 Å². The molecule has 0 spiro atoms. The van der Waals surface area contributed by atoms with Crippen molar-refractivity contribution < 1.29 is 23.8 Å². The van der Waals surface area contributed by atoms with Crippen LogP contribution in [0.1, 0.15) is 15.9 Å². The number of ketones is 1. The van der Waals surface area contributed by atoms with Gasteiger partial charge in [-0.3, -0.25) is 9.59 Å². The first kappa shape index (κ1) is 17.7. The molecule has 0 bridgehead atoms. The highest BCUT2D eigenvalue weighted by Crippen LogP contribution is 2.23. The number of methoxy groups -OCH3 is 1. The van der Waals surface area contributed by atoms with E-state index in [-0.39, 0.29) is 22.0 Å². The van der Waals surface area contributed by atoms with Gasteiger partial charge in [0.2, 0.25) is 0 Å². The molecule has 0 amide bonds. The Labute approximate surface area is 143 Å². The summed E-state index contributed by atoms with van der Waals surface area (Å²) in [6.45, 7) is 0. The standard InChI is InChI=1S/C18H15FO4S/c1-23-16-5-3-2-4-12(16)6-8-15(20)13-7-9-17(14(19)10-13)24-11-18(21)22/h2-10H,11H2,1H3,(H,21,22)/b8-6+. The first-order valence-electron chi connectivity index (χ1n) is 7.01. The molecule has 124 valence electrons. The summed E-state index contributed by atoms with van der Waals surface area (Å²) in [5.41, 5.74) is 0.931. The van der Waals surface area contributed by atoms with Crippen LogP contribution in [0, 0.1) is 5.82 Å². The van der Waals surface area contributed by atoms with E-state index in [1.165, 1.54) is 25.3 Å². The molecule has 4 nitrogen and oxygen atoms in total. The number of hydrogen-bond donors (Lipinski definition) is 1. The van der Waals surface area contributed by atoms with Crippen LogP contribution in [0.5, 0.6) is 5.75 Å². The van der Waals surface area contributed by atoms with Gasteiger partial charge in [-0.15, -0.1) is 11.8 Å². The zero-order chi connectivity index (χ0) is 17.5. The lowest BCUT2D eigenvalue weighted by atomic mass is 10.1. The van der Waals surface area contributed by atoms with Gasteiger partial charge >= 0.3 is 5.97 Å². The number of hydrogen-bond acceptors (Lipinski definition) is 4. The zero-order valence-electron chi connectivity index (χ0n) is 12.9. The monoisotopic (exact) mass is 346 g/mol. The summed E-state index contributed by atoms with van der Waals surface area (Å²) in [6, 6.07) is 11.2. The fourth-order valence-corrected chi connectivity index (χ4v) is 2.62. The molecule has 0 aliphatic heterocycles. The van der Waals surface area contributed by atoms with Crippen LogP contribution in [-0.2, 0) is 4.79 Å². The van der Waals surface area contributed by atoms with Gasteiger partial charge in [-0.25, -0.2) is 4.39 Å². The number of benzene rings is 2. The van der Waals surface area contributed by atoms with Gasteiger partial charge < -0.3 is 9.84 Å². The molecular formula is C18H15FO4S. The molecule has 0 fully saturated rings. The van der Waals surface area contributed by atoms with Gasteiger partial charge in [0.15, 0.2) is 5.78 Å². The second-order valence-electron chi connectivity index (χ2n) is 4.77. The van der Waals surface area contributed by atoms with Crippen molar-refractivity contribution in [2.24, 2.45) is 0 Å². The number of ether oxygens (including phenoxy) is 1. The summed E-state index contributed by atoms with van der Waals surface area (Å²) in [5.74, 6) is -1.60. The third-order valence-corrected chi connectivity index (χ3v) is 4.15. The van der Waals surface area contributed by atoms with Crippen LogP contribution in [0.3, 0.4) is 0 Å². The summed E-state index contributed by atoms with van der Waals surface area (Å²) >= 11 is 0.870. The second-order valence-corrected chi connectivity index (χ2v) is 5.78. The van der Waals surface area contributed by atoms with Crippen LogP contribution in [0.2, 0.25) is 0 Å². The predicted octanol–water partition coefficient (Wildman–Crippen LogP) is 3.91. The fourth-order valence-electron chi connectivity index (χ4n) is 1.98. The molecule has 0 radical (unpaired) electrons. The van der Waals surface area contributed by atoms with E-state index in [2.05, 4.69) is 0 Å². The molecule has 0 aromatic heterocycles. The highest BCUT2D eigenvalue weighted by molar-refractivity contribution is 8.00. The number of para-hydroxylation sites is 1. The van der Waals surface area contributed by atoms with Crippen molar-refractivity contribution in [3.63, 3.8) is 0 Å². The van der Waals surface area contributed by atoms with E-state index in [0.29, 0.717) is 5.75 Å². The lowest BCUT2D eigenvalue weighted by molar-refractivity contribution is -0.133. The Morgan fingerprint density at radius 3 is 2.67 bits per heavy atom. The van der Waals surface area contributed by atoms with Crippen molar-refractivity contribution in [1.29, 1.82) is 0 Å². The summed E-state index contributed by atoms with van der Waals surface area (Å²) in [7, 11) is 1.54. The molecule has 0 aliphatic carbocycles. The molecule has 2 aromatic carbocycles. The Bertz CT molecular complexity index is 786. The number of halogens is 1. The SMILES string of the molecule is COc1ccccc1/C=C/C(=O)c1ccc(SCC(=O)O)c(F)c1. The molecule has 0 atom stereocenters. The Kier molecular flexibility index (Phi) is 6.14. The van der Waals surface area contributed by atoms with Gasteiger partial charge in [0.1, 0.15) is 11.6 Å². The summed E-state index contributed by atoms with van der Waals surface area (Å²) in [5, 5.41) is 8.61. The van der Waals surface area contributed by atoms with Crippen molar-refractivity contribution in [2.75, 3.05) is 12.9 Å². The Balaban J connectivity index is 2.13. The Morgan fingerprint density at radius 2 is 2.00 bits per heavy atom. The van der Waals surface area contributed by atoms with E-state index < -0.39 is 11.8 Å². The minimum atomic E-state index is -1.03. The van der Waals surface area contributed by atoms with Crippen LogP contribution in [0.25, 0.3) is 6.08 Å². The van der Waals surface area contributed by atoms with Crippen molar-refractivity contribution >= 4 is 29.6 Å². The highest BCUT2D eigenvalue weighted by atomic mass is 32.2. The van der Waals surface area contributed by atoms with Crippen molar-refractivity contribution in [2.45, 2.75) is 4.90 Å². The minimum absolute atomic E-state index is 0.193. The molecule has 6 heteroatoms. The van der Waals surface area contributed by atoms with E-state index in [4.69, 9.17) is 9.84 Å². The van der Waals surface area contributed by atoms with Crippen molar-refractivity contribution in [3.05, 3.63) is 65.5 Å². The number of thioether (sulfide) groups is 1. The van der Waals surface area contributed by atoms with Gasteiger partial charge in [-0.2, -0.15) is 0 Å². The molecule has 1 N–H and O–H groups in total. The van der Waals surface area contributed by atoms with Crippen LogP contribution < -0.4 is 4.74 Å². The molecular weight excluding hydrogens is 331 g/mol. The largest absolute Gasteiger partial charge is 0.496 e. The normalized spacial score (nSPS) is 10.8. The molecule has 0 heterocycles. The molecule has 0 aliphatic rings. The van der Waals surface area contributed by atoms with Gasteiger partial charge in [-0.05, 0) is 36.4 Å². The van der Waals surface area contributed by atoms with Crippen LogP contribution >= 0.6 is 11.8 Å². The first-order valence-corrected chi connectivity index (χ1v) is 7.99. The highest BCUT2D eigenvalue weighted by Gasteiger charge is 2.10. The molecule has 2 rings (SSSR count). The van der Waals surface area contributed by atoms with E-state index in [9.17, 15) is 14.0 Å². The number of carbonyl (C=O) groups excluding carboxylic acids is 1. The zero-order valence-corrected chi connectivity index (χ0v) is 13.7. The maximum absolute atomic E-state index is 13.9. The lowest BCUT2D eigenvalue weighted by Gasteiger charge is -2.04. The topological polar surface area (TPSA) is 63.6 Å². The Hall–Kier alpha value is -2.60. The average molecular weight is 346 g/mol. The average Bonchev–Trinajstić information content (AvgIpc) is 2.58. The fraction of sp³-hybridized carbons (Fsp3) is 0.111.